The van der Waals surface area contributed by atoms with Gasteiger partial charge in [0.1, 0.15) is 18.7 Å². The molecule has 0 heterocycles. The molecule has 0 spiro atoms. The van der Waals surface area contributed by atoms with Crippen molar-refractivity contribution in [3.8, 4) is 11.1 Å². The molecule has 0 saturated carbocycles. The zero-order chi connectivity index (χ0) is 39.6. The van der Waals surface area contributed by atoms with E-state index in [1.54, 1.807) is 62.3 Å². The lowest BCUT2D eigenvalue weighted by molar-refractivity contribution is -0.146. The van der Waals surface area contributed by atoms with E-state index < -0.39 is 64.7 Å². The second-order valence-corrected chi connectivity index (χ2v) is 15.9. The van der Waals surface area contributed by atoms with Crippen molar-refractivity contribution < 1.29 is 48.0 Å². The van der Waals surface area contributed by atoms with Crippen LogP contribution >= 0.6 is 0 Å². The summed E-state index contributed by atoms with van der Waals surface area (Å²) >= 11 is 0. The molecule has 292 valence electrons. The third-order valence-corrected chi connectivity index (χ3v) is 7.91. The summed E-state index contributed by atoms with van der Waals surface area (Å²) in [5.74, 6) is -3.59. The first-order chi connectivity index (χ1) is 24.6. The number of nitrogens with one attached hydrogen (secondary N) is 4. The van der Waals surface area contributed by atoms with Gasteiger partial charge in [-0.25, -0.2) is 9.59 Å². The van der Waals surface area contributed by atoms with Gasteiger partial charge in [-0.1, -0.05) is 48.5 Å². The topological polar surface area (TPSA) is 191 Å². The van der Waals surface area contributed by atoms with E-state index in [1.807, 2.05) is 48.5 Å². The first kappa shape index (κ1) is 42.9. The highest BCUT2D eigenvalue weighted by molar-refractivity contribution is 5.93. The van der Waals surface area contributed by atoms with E-state index in [1.165, 1.54) is 0 Å². The Bertz CT molecular complexity index is 1550. The lowest BCUT2D eigenvalue weighted by atomic mass is 9.98. The van der Waals surface area contributed by atoms with E-state index in [9.17, 15) is 29.1 Å². The Hall–Kier alpha value is -4.53. The summed E-state index contributed by atoms with van der Waals surface area (Å²) < 4.78 is 22.7. The van der Waals surface area contributed by atoms with Crippen molar-refractivity contribution >= 4 is 29.8 Å². The highest BCUT2D eigenvalue weighted by Crippen LogP contribution is 2.44. The van der Waals surface area contributed by atoms with Crippen LogP contribution in [0.15, 0.2) is 48.5 Å². The maximum Gasteiger partial charge on any atom is 0.407 e. The van der Waals surface area contributed by atoms with Crippen molar-refractivity contribution in [2.45, 2.75) is 110 Å². The Morgan fingerprint density at radius 1 is 0.642 bits per heavy atom. The summed E-state index contributed by atoms with van der Waals surface area (Å²) in [6.45, 7) is 15.1. The largest absolute Gasteiger partial charge is 0.480 e. The number of aliphatic carboxylic acids is 1. The first-order valence-electron chi connectivity index (χ1n) is 17.8. The van der Waals surface area contributed by atoms with Crippen LogP contribution in [0.3, 0.4) is 0 Å². The number of rotatable bonds is 17. The van der Waals surface area contributed by atoms with Crippen molar-refractivity contribution in [1.29, 1.82) is 0 Å². The van der Waals surface area contributed by atoms with Gasteiger partial charge in [0.15, 0.2) is 6.04 Å². The van der Waals surface area contributed by atoms with Crippen LogP contribution in [0, 0.1) is 0 Å². The van der Waals surface area contributed by atoms with E-state index >= 15 is 0 Å². The standard InChI is InChI=1S/C39H56N4O10/c1-37(2,3)51-21-29(33(45)42-30(22-52-38(4,5)6)34(46)43-31(35(47)48)23-53-39(7,8)9)41-32(44)18-19-40-36(49)50-20-28-26-16-12-10-14-24(26)25-15-11-13-17-27(25)28/h10-17,28-31H,18-23H2,1-9H3,(H,40,49)(H,41,44)(H,42,45)(H,43,46)(H,47,48)/t29-,30-,31-/m1/s1. The predicted octanol–water partition coefficient (Wildman–Crippen LogP) is 3.90. The lowest BCUT2D eigenvalue weighted by Gasteiger charge is -2.29. The van der Waals surface area contributed by atoms with Crippen molar-refractivity contribution in [2.24, 2.45) is 0 Å². The minimum Gasteiger partial charge on any atom is -0.480 e. The van der Waals surface area contributed by atoms with Gasteiger partial charge in [-0.05, 0) is 84.6 Å². The van der Waals surface area contributed by atoms with Gasteiger partial charge in [-0.15, -0.1) is 0 Å². The van der Waals surface area contributed by atoms with Crippen LogP contribution in [-0.4, -0.2) is 103 Å². The molecule has 3 atom stereocenters. The SMILES string of the molecule is CC(C)(C)OC[C@@H](NC(=O)[C@@H](COC(C)(C)C)NC(=O)[C@@H](COC(C)(C)C)NC(=O)CCNC(=O)OCC1c2ccccc2-c2ccccc21)C(=O)O. The van der Waals surface area contributed by atoms with E-state index in [0.717, 1.165) is 22.3 Å². The van der Waals surface area contributed by atoms with Crippen LogP contribution in [0.5, 0.6) is 0 Å². The van der Waals surface area contributed by atoms with Crippen molar-refractivity contribution in [1.82, 2.24) is 21.3 Å². The van der Waals surface area contributed by atoms with Crippen LogP contribution in [0.25, 0.3) is 11.1 Å². The summed E-state index contributed by atoms with van der Waals surface area (Å²) in [5.41, 5.74) is 2.31. The highest BCUT2D eigenvalue weighted by atomic mass is 16.5. The minimum absolute atomic E-state index is 0.0748. The number of amides is 4. The predicted molar refractivity (Wildman–Crippen MR) is 198 cm³/mol. The number of ether oxygens (including phenoxy) is 4. The Kier molecular flexibility index (Phi) is 15.0. The van der Waals surface area contributed by atoms with Gasteiger partial charge in [0.05, 0.1) is 36.6 Å². The minimum atomic E-state index is -1.40. The van der Waals surface area contributed by atoms with E-state index in [4.69, 9.17) is 18.9 Å². The molecule has 0 saturated heterocycles. The summed E-state index contributed by atoms with van der Waals surface area (Å²) in [4.78, 5) is 64.6. The number of carbonyl (C=O) groups is 5. The number of alkyl carbamates (subject to hydrolysis) is 1. The van der Waals surface area contributed by atoms with Gasteiger partial charge in [0, 0.05) is 18.9 Å². The average molecular weight is 741 g/mol. The summed E-state index contributed by atoms with van der Waals surface area (Å²) in [6, 6.07) is 12.0. The molecule has 2 aromatic rings. The molecule has 53 heavy (non-hydrogen) atoms. The normalized spacial score (nSPS) is 14.6. The molecule has 14 heteroatoms. The van der Waals surface area contributed by atoms with Crippen LogP contribution in [0.4, 0.5) is 4.79 Å². The first-order valence-corrected chi connectivity index (χ1v) is 17.8. The maximum atomic E-state index is 13.6. The molecule has 1 aliphatic rings. The van der Waals surface area contributed by atoms with Crippen molar-refractivity contribution in [3.05, 3.63) is 59.7 Å². The number of hydrogen-bond donors (Lipinski definition) is 5. The Labute approximate surface area is 312 Å². The second-order valence-electron chi connectivity index (χ2n) is 15.9. The second kappa shape index (κ2) is 18.5. The van der Waals surface area contributed by atoms with Crippen LogP contribution < -0.4 is 21.3 Å². The molecule has 3 rings (SSSR count). The molecule has 0 aliphatic heterocycles. The van der Waals surface area contributed by atoms with Crippen LogP contribution in [0.1, 0.15) is 85.8 Å². The Morgan fingerprint density at radius 2 is 1.06 bits per heavy atom. The number of carbonyl (C=O) groups excluding carboxylic acids is 4. The molecule has 0 radical (unpaired) electrons. The van der Waals surface area contributed by atoms with Gasteiger partial charge < -0.3 is 45.3 Å². The zero-order valence-corrected chi connectivity index (χ0v) is 32.3. The van der Waals surface area contributed by atoms with Gasteiger partial charge in [-0.2, -0.15) is 0 Å². The average Bonchev–Trinajstić information content (AvgIpc) is 3.37. The fourth-order valence-corrected chi connectivity index (χ4v) is 5.28. The fraction of sp³-hybridized carbons (Fsp3) is 0.564. The molecule has 4 amide bonds. The molecule has 0 aromatic heterocycles. The Balaban J connectivity index is 1.61. The number of fused-ring (bicyclic) bond motifs is 3. The van der Waals surface area contributed by atoms with E-state index in [2.05, 4.69) is 21.3 Å². The third-order valence-electron chi connectivity index (χ3n) is 7.91. The molecule has 0 unspecified atom stereocenters. The monoisotopic (exact) mass is 740 g/mol. The summed E-state index contributed by atoms with van der Waals surface area (Å²) in [5, 5.41) is 19.9. The number of benzene rings is 2. The molecule has 2 aromatic carbocycles. The summed E-state index contributed by atoms with van der Waals surface area (Å²) in [6.07, 6.45) is -0.875. The van der Waals surface area contributed by atoms with E-state index in [-0.39, 0.29) is 45.3 Å². The van der Waals surface area contributed by atoms with Crippen LogP contribution in [-0.2, 0) is 38.1 Å². The summed E-state index contributed by atoms with van der Waals surface area (Å²) in [7, 11) is 0. The number of hydrogen-bond acceptors (Lipinski definition) is 9. The molecule has 0 fully saturated rings. The highest BCUT2D eigenvalue weighted by Gasteiger charge is 2.33. The third kappa shape index (κ3) is 14.4. The fourth-order valence-electron chi connectivity index (χ4n) is 5.28. The van der Waals surface area contributed by atoms with Crippen molar-refractivity contribution in [2.75, 3.05) is 33.0 Å². The maximum absolute atomic E-state index is 13.6. The smallest absolute Gasteiger partial charge is 0.407 e. The van der Waals surface area contributed by atoms with Gasteiger partial charge in [-0.3, -0.25) is 14.4 Å². The van der Waals surface area contributed by atoms with Crippen LogP contribution in [0.2, 0.25) is 0 Å². The molecule has 1 aliphatic carbocycles. The molecular weight excluding hydrogens is 684 g/mol. The number of carboxylic acid groups (broad SMARTS) is 1. The molecule has 0 bridgehead atoms. The molecular formula is C39H56N4O10. The lowest BCUT2D eigenvalue weighted by Crippen LogP contribution is -2.59. The zero-order valence-electron chi connectivity index (χ0n) is 32.3. The van der Waals surface area contributed by atoms with Crippen molar-refractivity contribution in [3.63, 3.8) is 0 Å². The Morgan fingerprint density at radius 3 is 1.51 bits per heavy atom. The van der Waals surface area contributed by atoms with Gasteiger partial charge >= 0.3 is 12.1 Å². The molecule has 14 nitrogen and oxygen atoms in total. The quantitative estimate of drug-likeness (QED) is 0.159. The molecule has 5 N–H and O–H groups in total. The van der Waals surface area contributed by atoms with Gasteiger partial charge in [0.25, 0.3) is 0 Å². The number of carboxylic acids is 1. The van der Waals surface area contributed by atoms with E-state index in [0.29, 0.717) is 0 Å². The van der Waals surface area contributed by atoms with Gasteiger partial charge in [0.2, 0.25) is 17.7 Å².